The second-order valence-electron chi connectivity index (χ2n) is 8.01. The lowest BCUT2D eigenvalue weighted by Gasteiger charge is -2.17. The number of carbonyl (C=O) groups is 4. The maximum absolute atomic E-state index is 12.7. The Morgan fingerprint density at radius 2 is 1.50 bits per heavy atom. The minimum atomic E-state index is -0.616. The first-order valence-electron chi connectivity index (χ1n) is 10.7. The van der Waals surface area contributed by atoms with Gasteiger partial charge in [-0.2, -0.15) is 0 Å². The SMILES string of the molecule is COc1cccc(N2C[C@H](C(=O)Oc3ccc(N4C(=O)c5ccccc5C4=O)cc3)CC2=O)c1. The van der Waals surface area contributed by atoms with E-state index in [-0.39, 0.29) is 24.6 Å². The van der Waals surface area contributed by atoms with E-state index in [4.69, 9.17) is 9.47 Å². The van der Waals surface area contributed by atoms with E-state index in [0.717, 1.165) is 4.90 Å². The number of imide groups is 1. The summed E-state index contributed by atoms with van der Waals surface area (Å²) in [5.41, 5.74) is 1.75. The van der Waals surface area contributed by atoms with Crippen molar-refractivity contribution in [2.24, 2.45) is 5.92 Å². The van der Waals surface area contributed by atoms with Gasteiger partial charge in [-0.25, -0.2) is 4.90 Å². The van der Waals surface area contributed by atoms with Crippen LogP contribution in [0.25, 0.3) is 0 Å². The molecule has 3 amide bonds. The minimum absolute atomic E-state index is 0.0448. The van der Waals surface area contributed by atoms with Crippen LogP contribution in [0.5, 0.6) is 11.5 Å². The molecule has 3 aromatic rings. The summed E-state index contributed by atoms with van der Waals surface area (Å²) in [5, 5.41) is 0. The molecule has 0 bridgehead atoms. The fourth-order valence-corrected chi connectivity index (χ4v) is 4.18. The summed E-state index contributed by atoms with van der Waals surface area (Å²) < 4.78 is 10.7. The first-order valence-corrected chi connectivity index (χ1v) is 10.7. The van der Waals surface area contributed by atoms with Gasteiger partial charge < -0.3 is 14.4 Å². The number of methoxy groups -OCH3 is 1. The molecule has 1 atom stereocenters. The smallest absolute Gasteiger partial charge is 0.316 e. The van der Waals surface area contributed by atoms with Crippen LogP contribution in [0, 0.1) is 5.92 Å². The summed E-state index contributed by atoms with van der Waals surface area (Å²) in [4.78, 5) is 53.1. The summed E-state index contributed by atoms with van der Waals surface area (Å²) in [6.45, 7) is 0.206. The Bertz CT molecular complexity index is 1280. The van der Waals surface area contributed by atoms with Crippen molar-refractivity contribution in [3.8, 4) is 11.5 Å². The molecule has 8 nitrogen and oxygen atoms in total. The molecule has 2 aliphatic rings. The predicted octanol–water partition coefficient (Wildman–Crippen LogP) is 3.45. The lowest BCUT2D eigenvalue weighted by atomic mass is 10.1. The van der Waals surface area contributed by atoms with Crippen molar-refractivity contribution >= 4 is 35.1 Å². The average molecular weight is 456 g/mol. The van der Waals surface area contributed by atoms with Gasteiger partial charge in [0, 0.05) is 24.7 Å². The minimum Gasteiger partial charge on any atom is -0.497 e. The van der Waals surface area contributed by atoms with Crippen LogP contribution in [0.3, 0.4) is 0 Å². The number of anilines is 2. The van der Waals surface area contributed by atoms with Gasteiger partial charge in [0.15, 0.2) is 0 Å². The summed E-state index contributed by atoms with van der Waals surface area (Å²) >= 11 is 0. The molecule has 34 heavy (non-hydrogen) atoms. The molecule has 1 fully saturated rings. The van der Waals surface area contributed by atoms with E-state index in [1.54, 1.807) is 72.7 Å². The van der Waals surface area contributed by atoms with Gasteiger partial charge in [-0.3, -0.25) is 19.2 Å². The highest BCUT2D eigenvalue weighted by Crippen LogP contribution is 2.31. The van der Waals surface area contributed by atoms with Crippen LogP contribution in [-0.2, 0) is 9.59 Å². The molecule has 0 aromatic heterocycles. The highest BCUT2D eigenvalue weighted by atomic mass is 16.5. The fraction of sp³-hybridized carbons (Fsp3) is 0.154. The Kier molecular flexibility index (Phi) is 5.33. The van der Waals surface area contributed by atoms with Crippen molar-refractivity contribution in [2.75, 3.05) is 23.5 Å². The molecular formula is C26H20N2O6. The molecule has 0 radical (unpaired) electrons. The highest BCUT2D eigenvalue weighted by molar-refractivity contribution is 6.34. The van der Waals surface area contributed by atoms with Crippen LogP contribution in [0.1, 0.15) is 27.1 Å². The third kappa shape index (κ3) is 3.69. The molecule has 2 aliphatic heterocycles. The molecule has 170 valence electrons. The number of nitrogens with zero attached hydrogens (tertiary/aromatic N) is 2. The van der Waals surface area contributed by atoms with Crippen LogP contribution >= 0.6 is 0 Å². The quantitative estimate of drug-likeness (QED) is 0.332. The molecule has 8 heteroatoms. The molecule has 0 unspecified atom stereocenters. The number of rotatable bonds is 5. The average Bonchev–Trinajstić information content (AvgIpc) is 3.37. The second kappa shape index (κ2) is 8.47. The maximum atomic E-state index is 12.7. The summed E-state index contributed by atoms with van der Waals surface area (Å²) in [6.07, 6.45) is 0.0448. The number of esters is 1. The summed E-state index contributed by atoms with van der Waals surface area (Å²) in [5.74, 6) is -1.22. The topological polar surface area (TPSA) is 93.2 Å². The Labute approximate surface area is 195 Å². The van der Waals surface area contributed by atoms with Crippen LogP contribution < -0.4 is 19.3 Å². The van der Waals surface area contributed by atoms with Crippen LogP contribution in [0.15, 0.2) is 72.8 Å². The van der Waals surface area contributed by atoms with Crippen molar-refractivity contribution in [3.05, 3.63) is 83.9 Å². The van der Waals surface area contributed by atoms with Gasteiger partial charge in [-0.05, 0) is 48.5 Å². The molecule has 0 aliphatic carbocycles. The van der Waals surface area contributed by atoms with Crippen molar-refractivity contribution in [1.82, 2.24) is 0 Å². The Balaban J connectivity index is 1.26. The van der Waals surface area contributed by atoms with Gasteiger partial charge >= 0.3 is 5.97 Å². The Morgan fingerprint density at radius 3 is 2.15 bits per heavy atom. The van der Waals surface area contributed by atoms with E-state index >= 15 is 0 Å². The number of ether oxygens (including phenoxy) is 2. The second-order valence-corrected chi connectivity index (χ2v) is 8.01. The van der Waals surface area contributed by atoms with E-state index < -0.39 is 23.7 Å². The third-order valence-corrected chi connectivity index (χ3v) is 5.93. The number of hydrogen-bond donors (Lipinski definition) is 0. The number of amides is 3. The molecule has 0 N–H and O–H groups in total. The van der Waals surface area contributed by atoms with Gasteiger partial charge in [-0.15, -0.1) is 0 Å². The van der Waals surface area contributed by atoms with E-state index in [0.29, 0.717) is 28.3 Å². The molecule has 5 rings (SSSR count). The van der Waals surface area contributed by atoms with Gasteiger partial charge in [0.25, 0.3) is 11.8 Å². The predicted molar refractivity (Wildman–Crippen MR) is 123 cm³/mol. The third-order valence-electron chi connectivity index (χ3n) is 5.93. The van der Waals surface area contributed by atoms with E-state index in [2.05, 4.69) is 0 Å². The number of fused-ring (bicyclic) bond motifs is 1. The molecular weight excluding hydrogens is 436 g/mol. The van der Waals surface area contributed by atoms with Gasteiger partial charge in [0.2, 0.25) is 5.91 Å². The lowest BCUT2D eigenvalue weighted by molar-refractivity contribution is -0.139. The van der Waals surface area contributed by atoms with Crippen molar-refractivity contribution < 1.29 is 28.7 Å². The number of carbonyl (C=O) groups excluding carboxylic acids is 4. The first kappa shape index (κ1) is 21.4. The lowest BCUT2D eigenvalue weighted by Crippen LogP contribution is -2.29. The van der Waals surface area contributed by atoms with Crippen LogP contribution in [0.4, 0.5) is 11.4 Å². The van der Waals surface area contributed by atoms with Gasteiger partial charge in [-0.1, -0.05) is 18.2 Å². The zero-order valence-corrected chi connectivity index (χ0v) is 18.3. The zero-order chi connectivity index (χ0) is 23.8. The highest BCUT2D eigenvalue weighted by Gasteiger charge is 2.38. The molecule has 2 heterocycles. The first-order chi connectivity index (χ1) is 16.5. The van der Waals surface area contributed by atoms with Crippen molar-refractivity contribution in [2.45, 2.75) is 6.42 Å². The molecule has 3 aromatic carbocycles. The fourth-order valence-electron chi connectivity index (χ4n) is 4.18. The molecule has 0 saturated carbocycles. The van der Waals surface area contributed by atoms with Crippen molar-refractivity contribution in [3.63, 3.8) is 0 Å². The summed E-state index contributed by atoms with van der Waals surface area (Å²) in [7, 11) is 1.55. The maximum Gasteiger partial charge on any atom is 0.316 e. The Morgan fingerprint density at radius 1 is 0.824 bits per heavy atom. The molecule has 1 saturated heterocycles. The number of benzene rings is 3. The Hall–Kier alpha value is -4.46. The van der Waals surface area contributed by atoms with E-state index in [1.165, 1.54) is 12.1 Å². The molecule has 0 spiro atoms. The van der Waals surface area contributed by atoms with Crippen molar-refractivity contribution in [1.29, 1.82) is 0 Å². The van der Waals surface area contributed by atoms with Gasteiger partial charge in [0.1, 0.15) is 11.5 Å². The standard InChI is InChI=1S/C26H20N2O6/c1-33-20-6-4-5-18(14-20)27-15-16(13-23(27)29)26(32)34-19-11-9-17(10-12-19)28-24(30)21-7-2-3-8-22(21)25(28)31/h2-12,14,16H,13,15H2,1H3/t16-/m1/s1. The van der Waals surface area contributed by atoms with E-state index in [1.807, 2.05) is 0 Å². The zero-order valence-electron chi connectivity index (χ0n) is 18.3. The largest absolute Gasteiger partial charge is 0.497 e. The van der Waals surface area contributed by atoms with E-state index in [9.17, 15) is 19.2 Å². The number of hydrogen-bond acceptors (Lipinski definition) is 6. The van der Waals surface area contributed by atoms with Gasteiger partial charge in [0.05, 0.1) is 29.8 Å². The van der Waals surface area contributed by atoms with Crippen LogP contribution in [-0.4, -0.2) is 37.3 Å². The summed E-state index contributed by atoms with van der Waals surface area (Å²) in [6, 6.07) is 19.9. The normalized spacial score (nSPS) is 17.2. The monoisotopic (exact) mass is 456 g/mol. The van der Waals surface area contributed by atoms with Crippen LogP contribution in [0.2, 0.25) is 0 Å².